The maximum atomic E-state index is 12.5. The van der Waals surface area contributed by atoms with E-state index < -0.39 is 5.60 Å². The van der Waals surface area contributed by atoms with Crippen molar-refractivity contribution in [2.45, 2.75) is 26.0 Å². The Morgan fingerprint density at radius 2 is 2.11 bits per heavy atom. The van der Waals surface area contributed by atoms with Gasteiger partial charge < -0.3 is 24.8 Å². The molecule has 3 rings (SSSR count). The van der Waals surface area contributed by atoms with Gasteiger partial charge in [0.2, 0.25) is 11.6 Å². The van der Waals surface area contributed by atoms with Gasteiger partial charge in [-0.05, 0) is 37.6 Å². The predicted octanol–water partition coefficient (Wildman–Crippen LogP) is 2.22. The summed E-state index contributed by atoms with van der Waals surface area (Å²) in [6.45, 7) is 3.89. The van der Waals surface area contributed by atoms with Crippen molar-refractivity contribution in [2.75, 3.05) is 18.6 Å². The molecule has 7 heteroatoms. The van der Waals surface area contributed by atoms with Gasteiger partial charge in [-0.2, -0.15) is 0 Å². The van der Waals surface area contributed by atoms with Crippen molar-refractivity contribution in [1.82, 2.24) is 10.3 Å². The number of aromatic nitrogens is 1. The average molecular weight is 369 g/mol. The van der Waals surface area contributed by atoms with Crippen LogP contribution in [-0.4, -0.2) is 35.3 Å². The van der Waals surface area contributed by atoms with Crippen LogP contribution in [0.4, 0.5) is 5.69 Å². The molecular weight excluding hydrogens is 346 g/mol. The average Bonchev–Trinajstić information content (AvgIpc) is 2.65. The Bertz CT molecular complexity index is 858. The third kappa shape index (κ3) is 4.77. The number of nitrogens with one attached hydrogen (secondary N) is 1. The highest BCUT2D eigenvalue weighted by Crippen LogP contribution is 2.35. The second-order valence-corrected chi connectivity index (χ2v) is 6.89. The van der Waals surface area contributed by atoms with Gasteiger partial charge in [0, 0.05) is 25.4 Å². The number of amides is 1. The van der Waals surface area contributed by atoms with Crippen LogP contribution in [0.25, 0.3) is 0 Å². The minimum Gasteiger partial charge on any atom is -0.481 e. The van der Waals surface area contributed by atoms with Gasteiger partial charge in [0.1, 0.15) is 0 Å². The highest BCUT2D eigenvalue weighted by molar-refractivity contribution is 5.93. The van der Waals surface area contributed by atoms with Crippen LogP contribution in [0, 0.1) is 0 Å². The van der Waals surface area contributed by atoms with Crippen molar-refractivity contribution < 1.29 is 19.4 Å². The molecule has 2 N–H and O–H groups in total. The van der Waals surface area contributed by atoms with Crippen molar-refractivity contribution in [3.8, 4) is 11.6 Å². The van der Waals surface area contributed by atoms with Gasteiger partial charge in [0.25, 0.3) is 5.91 Å². The third-order valence-corrected chi connectivity index (χ3v) is 3.93. The molecule has 0 spiro atoms. The van der Waals surface area contributed by atoms with Crippen LogP contribution in [0.2, 0.25) is 0 Å². The van der Waals surface area contributed by atoms with E-state index in [-0.39, 0.29) is 18.2 Å². The molecule has 0 aliphatic carbocycles. The van der Waals surface area contributed by atoms with Gasteiger partial charge in [-0.25, -0.2) is 4.98 Å². The molecule has 2 heterocycles. The van der Waals surface area contributed by atoms with E-state index in [1.54, 1.807) is 33.4 Å². The number of hydrogen-bond acceptors (Lipinski definition) is 6. The molecule has 1 aliphatic rings. The van der Waals surface area contributed by atoms with Gasteiger partial charge in [-0.1, -0.05) is 12.1 Å². The second-order valence-electron chi connectivity index (χ2n) is 6.89. The number of para-hydroxylation sites is 2. The van der Waals surface area contributed by atoms with E-state index in [4.69, 9.17) is 9.47 Å². The minimum absolute atomic E-state index is 0.121. The van der Waals surface area contributed by atoms with Gasteiger partial charge in [0.15, 0.2) is 5.75 Å². The van der Waals surface area contributed by atoms with Crippen LogP contribution in [-0.2, 0) is 11.3 Å². The van der Waals surface area contributed by atoms with Gasteiger partial charge in [-0.15, -0.1) is 0 Å². The Morgan fingerprint density at radius 1 is 1.33 bits per heavy atom. The van der Waals surface area contributed by atoms with Gasteiger partial charge in [0.05, 0.1) is 24.6 Å². The summed E-state index contributed by atoms with van der Waals surface area (Å²) in [4.78, 5) is 18.5. The second kappa shape index (κ2) is 7.67. The van der Waals surface area contributed by atoms with E-state index in [2.05, 4.69) is 10.3 Å². The summed E-state index contributed by atoms with van der Waals surface area (Å²) >= 11 is 0. The van der Waals surface area contributed by atoms with E-state index in [0.717, 1.165) is 11.3 Å². The fourth-order valence-electron chi connectivity index (χ4n) is 2.61. The van der Waals surface area contributed by atoms with E-state index in [0.29, 0.717) is 18.2 Å². The number of anilines is 1. The number of hydrogen-bond donors (Lipinski definition) is 2. The molecule has 0 saturated heterocycles. The Labute approximate surface area is 158 Å². The molecule has 1 aromatic carbocycles. The van der Waals surface area contributed by atoms with E-state index in [9.17, 15) is 9.90 Å². The molecule has 0 radical (unpaired) electrons. The SMILES string of the molecule is COc1cc(CN2C=C(C(=O)NCC(C)(C)O)Oc3ccccc32)ccn1. The number of carbonyl (C=O) groups excluding carboxylic acids is 1. The molecule has 2 aromatic rings. The van der Waals surface area contributed by atoms with Crippen LogP contribution >= 0.6 is 0 Å². The quantitative estimate of drug-likeness (QED) is 0.812. The minimum atomic E-state index is -1.00. The van der Waals surface area contributed by atoms with E-state index in [1.807, 2.05) is 41.3 Å². The zero-order valence-corrected chi connectivity index (χ0v) is 15.6. The Morgan fingerprint density at radius 3 is 2.85 bits per heavy atom. The highest BCUT2D eigenvalue weighted by atomic mass is 16.5. The molecule has 142 valence electrons. The molecule has 0 bridgehead atoms. The maximum Gasteiger partial charge on any atom is 0.288 e. The summed E-state index contributed by atoms with van der Waals surface area (Å²) < 4.78 is 10.9. The third-order valence-electron chi connectivity index (χ3n) is 3.93. The summed E-state index contributed by atoms with van der Waals surface area (Å²) in [6, 6.07) is 11.2. The fourth-order valence-corrected chi connectivity index (χ4v) is 2.61. The molecule has 7 nitrogen and oxygen atoms in total. The predicted molar refractivity (Wildman–Crippen MR) is 101 cm³/mol. The number of ether oxygens (including phenoxy) is 2. The van der Waals surface area contributed by atoms with E-state index in [1.165, 1.54) is 0 Å². The number of methoxy groups -OCH3 is 1. The molecule has 27 heavy (non-hydrogen) atoms. The number of rotatable bonds is 6. The zero-order valence-electron chi connectivity index (χ0n) is 15.6. The lowest BCUT2D eigenvalue weighted by atomic mass is 10.1. The zero-order chi connectivity index (χ0) is 19.4. The van der Waals surface area contributed by atoms with Crippen LogP contribution in [0.5, 0.6) is 11.6 Å². The number of pyridine rings is 1. The Balaban J connectivity index is 1.85. The Hall–Kier alpha value is -3.06. The Kier molecular flexibility index (Phi) is 5.32. The first-order chi connectivity index (χ1) is 12.9. The lowest BCUT2D eigenvalue weighted by Gasteiger charge is -2.29. The summed E-state index contributed by atoms with van der Waals surface area (Å²) in [5, 5.41) is 12.5. The van der Waals surface area contributed by atoms with Crippen LogP contribution in [0.15, 0.2) is 54.6 Å². The number of nitrogens with zero attached hydrogens (tertiary/aromatic N) is 2. The molecule has 1 aromatic heterocycles. The van der Waals surface area contributed by atoms with Crippen LogP contribution in [0.3, 0.4) is 0 Å². The number of aliphatic hydroxyl groups is 1. The summed E-state index contributed by atoms with van der Waals surface area (Å²) in [5.74, 6) is 0.901. The van der Waals surface area contributed by atoms with E-state index >= 15 is 0 Å². The van der Waals surface area contributed by atoms with Crippen molar-refractivity contribution in [3.05, 3.63) is 60.1 Å². The standard InChI is InChI=1S/C20H23N3O4/c1-20(2,25)13-22-19(24)17-12-23(15-6-4-5-7-16(15)27-17)11-14-8-9-21-18(10-14)26-3/h4-10,12,25H,11,13H2,1-3H3,(H,22,24). The molecule has 1 amide bonds. The van der Waals surface area contributed by atoms with Crippen molar-refractivity contribution in [1.29, 1.82) is 0 Å². The smallest absolute Gasteiger partial charge is 0.288 e. The fraction of sp³-hybridized carbons (Fsp3) is 0.300. The normalized spacial score (nSPS) is 13.3. The number of benzene rings is 1. The summed E-state index contributed by atoms with van der Waals surface area (Å²) in [7, 11) is 1.57. The largest absolute Gasteiger partial charge is 0.481 e. The van der Waals surface area contributed by atoms with Gasteiger partial charge in [-0.3, -0.25) is 4.79 Å². The molecule has 0 saturated carbocycles. The van der Waals surface area contributed by atoms with Crippen molar-refractivity contribution in [2.24, 2.45) is 0 Å². The monoisotopic (exact) mass is 369 g/mol. The van der Waals surface area contributed by atoms with Gasteiger partial charge >= 0.3 is 0 Å². The highest BCUT2D eigenvalue weighted by Gasteiger charge is 2.24. The lowest BCUT2D eigenvalue weighted by Crippen LogP contribution is -2.40. The first-order valence-corrected chi connectivity index (χ1v) is 8.60. The molecular formula is C20H23N3O4. The summed E-state index contributed by atoms with van der Waals surface area (Å²) in [6.07, 6.45) is 3.34. The molecule has 1 aliphatic heterocycles. The number of fused-ring (bicyclic) bond motifs is 1. The topological polar surface area (TPSA) is 83.9 Å². The molecule has 0 fully saturated rings. The molecule has 0 atom stereocenters. The number of carbonyl (C=O) groups is 1. The van der Waals surface area contributed by atoms with Crippen LogP contribution in [0.1, 0.15) is 19.4 Å². The van der Waals surface area contributed by atoms with Crippen molar-refractivity contribution in [3.63, 3.8) is 0 Å². The van der Waals surface area contributed by atoms with Crippen LogP contribution < -0.4 is 19.7 Å². The first kappa shape index (κ1) is 18.7. The first-order valence-electron chi connectivity index (χ1n) is 8.60. The maximum absolute atomic E-state index is 12.5. The molecule has 0 unspecified atom stereocenters. The lowest BCUT2D eigenvalue weighted by molar-refractivity contribution is -0.120. The van der Waals surface area contributed by atoms with Crippen molar-refractivity contribution >= 4 is 11.6 Å². The summed E-state index contributed by atoms with van der Waals surface area (Å²) in [5.41, 5.74) is 0.828.